The molecule has 0 spiro atoms. The molecule has 0 bridgehead atoms. The monoisotopic (exact) mass is 637 g/mol. The van der Waals surface area contributed by atoms with E-state index in [2.05, 4.69) is 65.8 Å². The van der Waals surface area contributed by atoms with Crippen molar-refractivity contribution in [1.82, 2.24) is 9.55 Å². The van der Waals surface area contributed by atoms with E-state index in [1.165, 1.54) is 28.0 Å². The van der Waals surface area contributed by atoms with Crippen LogP contribution >= 0.6 is 11.8 Å². The zero-order valence-electron chi connectivity index (χ0n) is 26.1. The van der Waals surface area contributed by atoms with Crippen LogP contribution < -0.4 is 4.74 Å². The second kappa shape index (κ2) is 13.4. The van der Waals surface area contributed by atoms with Gasteiger partial charge in [-0.15, -0.1) is 11.8 Å². The Bertz CT molecular complexity index is 1870. The molecule has 1 N–H and O–H groups in total. The topological polar surface area (TPSA) is 85.9 Å². The van der Waals surface area contributed by atoms with E-state index in [0.29, 0.717) is 24.8 Å². The molecule has 6 rings (SSSR count). The fourth-order valence-electron chi connectivity index (χ4n) is 5.84. The van der Waals surface area contributed by atoms with Crippen LogP contribution in [0.25, 0.3) is 22.0 Å². The minimum Gasteiger partial charge on any atom is -0.487 e. The van der Waals surface area contributed by atoms with Gasteiger partial charge in [-0.2, -0.15) is 0 Å². The third-order valence-corrected chi connectivity index (χ3v) is 9.26. The molecule has 7 nitrogen and oxygen atoms in total. The Balaban J connectivity index is 1.35. The fourth-order valence-corrected chi connectivity index (χ4v) is 7.16. The minimum atomic E-state index is -1.07. The Morgan fingerprint density at radius 1 is 1.09 bits per heavy atom. The number of carbonyl (C=O) groups is 1. The highest BCUT2D eigenvalue weighted by Crippen LogP contribution is 2.48. The lowest BCUT2D eigenvalue weighted by atomic mass is 9.89. The van der Waals surface area contributed by atoms with Crippen molar-refractivity contribution in [3.63, 3.8) is 0 Å². The summed E-state index contributed by atoms with van der Waals surface area (Å²) in [4.78, 5) is 21.7. The van der Waals surface area contributed by atoms with Crippen LogP contribution in [0.2, 0.25) is 0 Å². The summed E-state index contributed by atoms with van der Waals surface area (Å²) in [6.07, 6.45) is 5.05. The fraction of sp³-hybridized carbons (Fsp3) is 0.270. The van der Waals surface area contributed by atoms with Crippen LogP contribution in [-0.2, 0) is 35.6 Å². The van der Waals surface area contributed by atoms with Crippen molar-refractivity contribution >= 4 is 34.8 Å². The first-order valence-corrected chi connectivity index (χ1v) is 16.1. The number of aliphatic carboxylic acids is 1. The smallest absolute Gasteiger partial charge is 0.344 e. The van der Waals surface area contributed by atoms with Gasteiger partial charge in [0.2, 0.25) is 6.61 Å². The van der Waals surface area contributed by atoms with Crippen LogP contribution in [0.4, 0.5) is 4.39 Å². The van der Waals surface area contributed by atoms with E-state index in [1.54, 1.807) is 6.21 Å². The van der Waals surface area contributed by atoms with E-state index < -0.39 is 18.0 Å². The molecule has 2 aromatic heterocycles. The number of rotatable bonds is 12. The van der Waals surface area contributed by atoms with Gasteiger partial charge in [0.25, 0.3) is 0 Å². The molecule has 1 unspecified atom stereocenters. The molecule has 0 fully saturated rings. The standard InChI is InChI=1S/C37H36FN3O4S/c1-24-17-30-33(44-21-29-14-11-27(19-39-29)26-7-5-4-6-8-26)16-15-31-35(30)36(46-24)32(18-37(2,3)23-40-45-22-34(42)43)41(31)20-25-9-12-28(38)13-10-25/h4-16,19,23-24H,17-18,20-22H2,1-3H3,(H,42,43). The number of ether oxygens (including phenoxy) is 1. The molecular weight excluding hydrogens is 601 g/mol. The summed E-state index contributed by atoms with van der Waals surface area (Å²) in [5, 5.41) is 14.4. The molecule has 0 saturated heterocycles. The summed E-state index contributed by atoms with van der Waals surface area (Å²) >= 11 is 1.86. The van der Waals surface area contributed by atoms with Gasteiger partial charge in [0.15, 0.2) is 0 Å². The number of pyridine rings is 1. The largest absolute Gasteiger partial charge is 0.487 e. The van der Waals surface area contributed by atoms with Gasteiger partial charge in [-0.05, 0) is 54.3 Å². The van der Waals surface area contributed by atoms with Crippen molar-refractivity contribution in [2.75, 3.05) is 6.61 Å². The molecule has 0 aliphatic carbocycles. The van der Waals surface area contributed by atoms with Crippen LogP contribution in [0, 0.1) is 11.2 Å². The molecule has 46 heavy (non-hydrogen) atoms. The van der Waals surface area contributed by atoms with Crippen LogP contribution in [0.3, 0.4) is 0 Å². The van der Waals surface area contributed by atoms with Gasteiger partial charge < -0.3 is 19.2 Å². The van der Waals surface area contributed by atoms with E-state index in [0.717, 1.165) is 45.8 Å². The highest BCUT2D eigenvalue weighted by molar-refractivity contribution is 8.00. The molecule has 1 atom stereocenters. The molecule has 5 aromatic rings. The van der Waals surface area contributed by atoms with Crippen LogP contribution in [0.15, 0.2) is 95.1 Å². The van der Waals surface area contributed by atoms with Crippen LogP contribution in [-0.4, -0.2) is 38.7 Å². The number of halogens is 1. The molecule has 236 valence electrons. The van der Waals surface area contributed by atoms with Gasteiger partial charge in [-0.1, -0.05) is 74.5 Å². The Labute approximate surface area is 272 Å². The molecule has 1 aliphatic rings. The minimum absolute atomic E-state index is 0.267. The van der Waals surface area contributed by atoms with Crippen molar-refractivity contribution in [3.8, 4) is 16.9 Å². The SMILES string of the molecule is CC1Cc2c(OCc3ccc(-c4ccccc4)cn3)ccc3c2c(c(CC(C)(C)C=NOCC(=O)O)n3Cc2ccc(F)cc2)S1. The lowest BCUT2D eigenvalue weighted by Gasteiger charge is -2.24. The number of nitrogens with zero attached hydrogens (tertiary/aromatic N) is 3. The maximum atomic E-state index is 13.8. The van der Waals surface area contributed by atoms with Crippen LogP contribution in [0.1, 0.15) is 43.3 Å². The number of benzene rings is 3. The van der Waals surface area contributed by atoms with Gasteiger partial charge in [-0.25, -0.2) is 9.18 Å². The maximum absolute atomic E-state index is 13.8. The van der Waals surface area contributed by atoms with E-state index in [1.807, 2.05) is 54.4 Å². The van der Waals surface area contributed by atoms with E-state index in [-0.39, 0.29) is 5.82 Å². The predicted octanol–water partition coefficient (Wildman–Crippen LogP) is 8.16. The molecule has 0 saturated carbocycles. The van der Waals surface area contributed by atoms with Gasteiger partial charge in [0.1, 0.15) is 18.2 Å². The van der Waals surface area contributed by atoms with Gasteiger partial charge >= 0.3 is 5.97 Å². The zero-order chi connectivity index (χ0) is 32.3. The molecular formula is C37H36FN3O4S. The van der Waals surface area contributed by atoms with Gasteiger partial charge in [0, 0.05) is 56.7 Å². The third-order valence-electron chi connectivity index (χ3n) is 8.01. The Morgan fingerprint density at radius 3 is 2.59 bits per heavy atom. The number of carboxylic acids is 1. The van der Waals surface area contributed by atoms with Gasteiger partial charge in [0.05, 0.1) is 11.2 Å². The lowest BCUT2D eigenvalue weighted by molar-refractivity contribution is -0.142. The Kier molecular flexibility index (Phi) is 9.12. The lowest BCUT2D eigenvalue weighted by Crippen LogP contribution is -2.21. The van der Waals surface area contributed by atoms with Crippen molar-refractivity contribution in [2.24, 2.45) is 10.6 Å². The molecule has 3 aromatic carbocycles. The Hall–Kier alpha value is -4.63. The quantitative estimate of drug-likeness (QED) is 0.110. The summed E-state index contributed by atoms with van der Waals surface area (Å²) in [6, 6.07) is 25.1. The average Bonchev–Trinajstić information content (AvgIpc) is 3.32. The summed E-state index contributed by atoms with van der Waals surface area (Å²) in [6.45, 7) is 6.77. The molecule has 3 heterocycles. The summed E-state index contributed by atoms with van der Waals surface area (Å²) in [5.74, 6) is -0.491. The van der Waals surface area contributed by atoms with Crippen LogP contribution in [0.5, 0.6) is 5.75 Å². The third kappa shape index (κ3) is 7.10. The summed E-state index contributed by atoms with van der Waals surface area (Å²) in [5.41, 5.74) is 7.00. The van der Waals surface area contributed by atoms with Crippen molar-refractivity contribution in [1.29, 1.82) is 0 Å². The number of aromatic nitrogens is 2. The normalized spacial score (nSPS) is 14.6. The molecule has 9 heteroatoms. The summed E-state index contributed by atoms with van der Waals surface area (Å²) < 4.78 is 22.6. The van der Waals surface area contributed by atoms with E-state index in [4.69, 9.17) is 14.7 Å². The first-order chi connectivity index (χ1) is 22.2. The highest BCUT2D eigenvalue weighted by atomic mass is 32.2. The number of hydrogen-bond donors (Lipinski definition) is 1. The molecule has 1 aliphatic heterocycles. The number of oxime groups is 1. The Morgan fingerprint density at radius 2 is 1.87 bits per heavy atom. The number of thioether (sulfide) groups is 1. The zero-order valence-corrected chi connectivity index (χ0v) is 26.9. The van der Waals surface area contributed by atoms with Crippen molar-refractivity contribution < 1.29 is 23.9 Å². The summed E-state index contributed by atoms with van der Waals surface area (Å²) in [7, 11) is 0. The van der Waals surface area contributed by atoms with Crippen molar-refractivity contribution in [3.05, 3.63) is 113 Å². The maximum Gasteiger partial charge on any atom is 0.344 e. The molecule has 0 amide bonds. The average molecular weight is 638 g/mol. The second-order valence-corrected chi connectivity index (χ2v) is 13.8. The van der Waals surface area contributed by atoms with E-state index >= 15 is 0 Å². The van der Waals surface area contributed by atoms with Gasteiger partial charge in [-0.3, -0.25) is 4.98 Å². The second-order valence-electron chi connectivity index (χ2n) is 12.3. The number of carboxylic acid groups (broad SMARTS) is 1. The first kappa shape index (κ1) is 31.4. The van der Waals surface area contributed by atoms with Crippen molar-refractivity contribution in [2.45, 2.75) is 56.9 Å². The highest BCUT2D eigenvalue weighted by Gasteiger charge is 2.31. The van der Waals surface area contributed by atoms with E-state index in [9.17, 15) is 9.18 Å². The number of hydrogen-bond acceptors (Lipinski definition) is 6. The first-order valence-electron chi connectivity index (χ1n) is 15.3. The molecule has 0 radical (unpaired) electrons. The predicted molar refractivity (Wildman–Crippen MR) is 180 cm³/mol.